The number of aryl methyl sites for hydroxylation is 1. The molecule has 0 atom stereocenters. The van der Waals surface area contributed by atoms with Gasteiger partial charge in [0.15, 0.2) is 0 Å². The van der Waals surface area contributed by atoms with E-state index in [1.54, 1.807) is 37.3 Å². The number of nitrogens with one attached hydrogen (secondary N) is 1. The third-order valence-electron chi connectivity index (χ3n) is 5.70. The second-order valence-corrected chi connectivity index (χ2v) is 10.2. The fraction of sp³-hybridized carbons (Fsp3) is 0.115. The molecular weight excluding hydrogens is 576 g/mol. The number of fused-ring (bicyclic) bond motifs is 1. The molecule has 0 saturated heterocycles. The van der Waals surface area contributed by atoms with Crippen LogP contribution in [0.2, 0.25) is 10.0 Å². The van der Waals surface area contributed by atoms with E-state index < -0.39 is 26.7 Å². The summed E-state index contributed by atoms with van der Waals surface area (Å²) in [5, 5.41) is 25.4. The molecule has 196 valence electrons. The zero-order chi connectivity index (χ0) is 27.6. The fourth-order valence-electron chi connectivity index (χ4n) is 3.80. The van der Waals surface area contributed by atoms with E-state index in [4.69, 9.17) is 27.9 Å². The largest absolute Gasteiger partial charge is 1.00 e. The van der Waals surface area contributed by atoms with E-state index in [-0.39, 0.29) is 51.5 Å². The molecule has 2 N–H and O–H groups in total. The first-order valence-corrected chi connectivity index (χ1v) is 13.3. The molecule has 13 heteroatoms. The van der Waals surface area contributed by atoms with Crippen LogP contribution >= 0.6 is 23.2 Å². The summed E-state index contributed by atoms with van der Waals surface area (Å²) >= 11 is 12.4. The molecule has 1 amide bonds. The number of halogens is 2. The van der Waals surface area contributed by atoms with Gasteiger partial charge in [0.05, 0.1) is 23.5 Å². The molecule has 0 saturated carbocycles. The fourth-order valence-corrected chi connectivity index (χ4v) is 4.98. The molecular formula is C26H20Cl2N3NaO6S. The van der Waals surface area contributed by atoms with Gasteiger partial charge in [-0.25, -0.2) is 0 Å². The monoisotopic (exact) mass is 595 g/mol. The number of benzene rings is 4. The van der Waals surface area contributed by atoms with E-state index in [0.717, 1.165) is 6.07 Å². The zero-order valence-corrected chi connectivity index (χ0v) is 25.4. The van der Waals surface area contributed by atoms with Crippen LogP contribution in [0.25, 0.3) is 10.8 Å². The summed E-state index contributed by atoms with van der Waals surface area (Å²) in [6.07, 6.45) is 0.451. The average molecular weight is 596 g/mol. The Morgan fingerprint density at radius 3 is 2.41 bits per heavy atom. The van der Waals surface area contributed by atoms with E-state index in [2.05, 4.69) is 15.5 Å². The van der Waals surface area contributed by atoms with Crippen molar-refractivity contribution in [2.75, 3.05) is 12.4 Å². The van der Waals surface area contributed by atoms with Crippen molar-refractivity contribution in [1.29, 1.82) is 0 Å². The van der Waals surface area contributed by atoms with Crippen molar-refractivity contribution in [2.24, 2.45) is 10.2 Å². The van der Waals surface area contributed by atoms with E-state index in [9.17, 15) is 22.9 Å². The predicted octanol–water partition coefficient (Wildman–Crippen LogP) is 3.71. The first-order chi connectivity index (χ1) is 18.0. The van der Waals surface area contributed by atoms with Gasteiger partial charge in [0.1, 0.15) is 16.3 Å². The predicted molar refractivity (Wildman–Crippen MR) is 144 cm³/mol. The first-order valence-electron chi connectivity index (χ1n) is 11.1. The number of hydrogen-bond donors (Lipinski definition) is 2. The van der Waals surface area contributed by atoms with Gasteiger partial charge in [-0.2, -0.15) is 13.5 Å². The smallest absolute Gasteiger partial charge is 0.870 e. The number of carbonyl (C=O) groups excluding carboxylic acids is 1. The van der Waals surface area contributed by atoms with Crippen molar-refractivity contribution < 1.29 is 57.2 Å². The molecule has 0 radical (unpaired) electrons. The third kappa shape index (κ3) is 6.55. The van der Waals surface area contributed by atoms with Crippen LogP contribution in [0.15, 0.2) is 75.8 Å². The van der Waals surface area contributed by atoms with Crippen molar-refractivity contribution in [3.05, 3.63) is 81.8 Å². The van der Waals surface area contributed by atoms with Crippen LogP contribution < -0.4 is 44.7 Å². The third-order valence-corrected chi connectivity index (χ3v) is 7.24. The van der Waals surface area contributed by atoms with Crippen LogP contribution in [0.4, 0.5) is 17.1 Å². The number of azo groups is 1. The molecule has 39 heavy (non-hydrogen) atoms. The van der Waals surface area contributed by atoms with E-state index in [1.807, 2.05) is 0 Å². The zero-order valence-electron chi connectivity index (χ0n) is 21.0. The van der Waals surface area contributed by atoms with Gasteiger partial charge < -0.3 is 15.2 Å². The molecule has 4 aromatic rings. The summed E-state index contributed by atoms with van der Waals surface area (Å²) in [5.74, 6) is -1.20. The Morgan fingerprint density at radius 2 is 1.74 bits per heavy atom. The van der Waals surface area contributed by atoms with Crippen molar-refractivity contribution in [3.8, 4) is 11.5 Å². The molecule has 9 nitrogen and oxygen atoms in total. The molecule has 4 aromatic carbocycles. The number of anilines is 1. The topological polar surface area (TPSA) is 140 Å². The molecule has 0 aliphatic carbocycles. The van der Waals surface area contributed by atoms with Crippen LogP contribution in [-0.4, -0.2) is 26.0 Å². The molecule has 0 heterocycles. The van der Waals surface area contributed by atoms with Gasteiger partial charge >= 0.3 is 29.6 Å². The Bertz CT molecular complexity index is 1710. The van der Waals surface area contributed by atoms with Crippen LogP contribution in [0.1, 0.15) is 22.8 Å². The summed E-state index contributed by atoms with van der Waals surface area (Å²) in [7, 11) is -3.29. The Morgan fingerprint density at radius 1 is 1.05 bits per heavy atom. The van der Waals surface area contributed by atoms with Gasteiger partial charge in [-0.1, -0.05) is 66.2 Å². The maximum absolute atomic E-state index is 13.5. The summed E-state index contributed by atoms with van der Waals surface area (Å²) in [4.78, 5) is 12.6. The number of carbonyl (C=O) groups is 1. The van der Waals surface area contributed by atoms with Gasteiger partial charge in [-0.3, -0.25) is 9.35 Å². The van der Waals surface area contributed by atoms with Gasteiger partial charge in [-0.15, -0.1) is 5.11 Å². The summed E-state index contributed by atoms with van der Waals surface area (Å²) in [6.45, 7) is 1.80. The maximum Gasteiger partial charge on any atom is 1.00 e. The summed E-state index contributed by atoms with van der Waals surface area (Å²) in [6, 6.07) is 15.3. The number of ether oxygens (including phenoxy) is 1. The molecule has 0 unspecified atom stereocenters. The van der Waals surface area contributed by atoms with Gasteiger partial charge in [0, 0.05) is 22.0 Å². The van der Waals surface area contributed by atoms with Crippen molar-refractivity contribution in [1.82, 2.24) is 0 Å². The van der Waals surface area contributed by atoms with Crippen LogP contribution in [0.5, 0.6) is 11.5 Å². The minimum absolute atomic E-state index is 0. The van der Waals surface area contributed by atoms with Crippen molar-refractivity contribution in [3.63, 3.8) is 0 Å². The number of hydrogen-bond acceptors (Lipinski definition) is 7. The molecule has 4 rings (SSSR count). The minimum Gasteiger partial charge on any atom is -0.870 e. The second-order valence-electron chi connectivity index (χ2n) is 8.04. The van der Waals surface area contributed by atoms with E-state index >= 15 is 0 Å². The Kier molecular flexibility index (Phi) is 10.0. The van der Waals surface area contributed by atoms with E-state index in [1.165, 1.54) is 31.4 Å². The molecule has 0 spiro atoms. The normalized spacial score (nSPS) is 11.4. The Balaban J connectivity index is 0.00000420. The van der Waals surface area contributed by atoms with Crippen LogP contribution in [0, 0.1) is 0 Å². The Labute approximate surface area is 256 Å². The maximum atomic E-state index is 13.5. The SMILES string of the molecule is CCc1ccc(S(=O)(=O)O)c(N=Nc2c([O-])c(C(=O)Nc3ccc(Cl)cc3OC)cc3ccccc23)c1Cl.[Na+]. The molecule has 0 bridgehead atoms. The van der Waals surface area contributed by atoms with Gasteiger partial charge in [0.25, 0.3) is 16.0 Å². The average Bonchev–Trinajstić information content (AvgIpc) is 2.88. The quantitative estimate of drug-likeness (QED) is 0.189. The minimum atomic E-state index is -4.71. The van der Waals surface area contributed by atoms with E-state index in [0.29, 0.717) is 39.2 Å². The van der Waals surface area contributed by atoms with Crippen LogP contribution in [-0.2, 0) is 16.5 Å². The molecule has 0 fully saturated rings. The number of methoxy groups -OCH3 is 1. The molecule has 0 aliphatic heterocycles. The number of rotatable bonds is 7. The summed E-state index contributed by atoms with van der Waals surface area (Å²) in [5.41, 5.74) is 0.0789. The summed E-state index contributed by atoms with van der Waals surface area (Å²) < 4.78 is 38.8. The van der Waals surface area contributed by atoms with Crippen molar-refractivity contribution >= 4 is 67.1 Å². The van der Waals surface area contributed by atoms with Gasteiger partial charge in [0.2, 0.25) is 0 Å². The molecule has 0 aromatic heterocycles. The Hall–Kier alpha value is -2.70. The van der Waals surface area contributed by atoms with Crippen LogP contribution in [0.3, 0.4) is 0 Å². The number of amides is 1. The second kappa shape index (κ2) is 12.6. The number of nitrogens with zero attached hydrogens (tertiary/aromatic N) is 2. The standard InChI is InChI=1S/C26H21Cl2N3O6S.Na/c1-3-14-8-11-21(38(34,35)36)24(22(14)28)31-30-23-17-7-5-4-6-15(17)12-18(25(23)32)26(33)29-19-10-9-16(27)13-20(19)37-2;/h4-13,32H,3H2,1-2H3,(H,29,33)(H,34,35,36);/q;+1/p-1. The molecule has 0 aliphatic rings. The van der Waals surface area contributed by atoms with Crippen molar-refractivity contribution in [2.45, 2.75) is 18.2 Å². The first kappa shape index (κ1) is 30.8. The van der Waals surface area contributed by atoms with Gasteiger partial charge in [-0.05, 0) is 41.6 Å².